The van der Waals surface area contributed by atoms with Crippen molar-refractivity contribution in [2.24, 2.45) is 0 Å². The van der Waals surface area contributed by atoms with Crippen LogP contribution in [0.5, 0.6) is 0 Å². The van der Waals surface area contributed by atoms with E-state index >= 15 is 0 Å². The highest BCUT2D eigenvalue weighted by molar-refractivity contribution is 5.48. The molecule has 0 N–H and O–H groups in total. The van der Waals surface area contributed by atoms with Crippen LogP contribution in [0.1, 0.15) is 12.8 Å². The van der Waals surface area contributed by atoms with Crippen molar-refractivity contribution in [2.75, 3.05) is 32.2 Å². The summed E-state index contributed by atoms with van der Waals surface area (Å²) in [5.41, 5.74) is 0.660. The fourth-order valence-corrected chi connectivity index (χ4v) is 2.29. The van der Waals surface area contributed by atoms with Crippen molar-refractivity contribution < 1.29 is 13.9 Å². The third-order valence-electron chi connectivity index (χ3n) is 3.46. The zero-order valence-corrected chi connectivity index (χ0v) is 10.3. The molecule has 0 saturated carbocycles. The van der Waals surface area contributed by atoms with E-state index in [1.165, 1.54) is 6.07 Å². The molecular formula is C13H18FNO2. The molecule has 0 radical (unpaired) electrons. The summed E-state index contributed by atoms with van der Waals surface area (Å²) in [6.07, 6.45) is 1.49. The molecule has 1 aliphatic heterocycles. The number of nitrogens with zero attached hydrogens (tertiary/aromatic N) is 1. The Hall–Kier alpha value is -1.13. The quantitative estimate of drug-likeness (QED) is 0.756. The van der Waals surface area contributed by atoms with Crippen LogP contribution in [-0.4, -0.2) is 33.1 Å². The van der Waals surface area contributed by atoms with Crippen molar-refractivity contribution in [2.45, 2.75) is 18.6 Å². The Balaban J connectivity index is 2.07. The molecule has 3 nitrogen and oxygen atoms in total. The Morgan fingerprint density at radius 1 is 1.12 bits per heavy atom. The molecule has 17 heavy (non-hydrogen) atoms. The summed E-state index contributed by atoms with van der Waals surface area (Å²) in [6, 6.07) is 6.86. The Morgan fingerprint density at radius 2 is 1.71 bits per heavy atom. The fourth-order valence-electron chi connectivity index (χ4n) is 2.29. The molecule has 0 aromatic heterocycles. The molecule has 1 fully saturated rings. The number of benzene rings is 1. The lowest BCUT2D eigenvalue weighted by atomic mass is 10.0. The Kier molecular flexibility index (Phi) is 3.64. The average molecular weight is 239 g/mol. The normalized spacial score (nSPS) is 19.4. The van der Waals surface area contributed by atoms with E-state index in [0.29, 0.717) is 5.69 Å². The van der Waals surface area contributed by atoms with E-state index in [1.54, 1.807) is 20.3 Å². The van der Waals surface area contributed by atoms with Gasteiger partial charge in [0.2, 0.25) is 0 Å². The van der Waals surface area contributed by atoms with E-state index in [4.69, 9.17) is 9.47 Å². The molecule has 0 spiro atoms. The van der Waals surface area contributed by atoms with Crippen LogP contribution in [0.15, 0.2) is 24.3 Å². The first-order chi connectivity index (χ1) is 8.21. The van der Waals surface area contributed by atoms with Crippen LogP contribution in [0.25, 0.3) is 0 Å². The van der Waals surface area contributed by atoms with Gasteiger partial charge in [0.1, 0.15) is 5.82 Å². The van der Waals surface area contributed by atoms with Crippen LogP contribution in [-0.2, 0) is 9.47 Å². The Morgan fingerprint density at radius 3 is 2.24 bits per heavy atom. The third kappa shape index (κ3) is 2.42. The molecule has 0 unspecified atom stereocenters. The van der Waals surface area contributed by atoms with E-state index in [9.17, 15) is 4.39 Å². The molecule has 0 amide bonds. The summed E-state index contributed by atoms with van der Waals surface area (Å²) in [4.78, 5) is 2.03. The lowest BCUT2D eigenvalue weighted by Crippen LogP contribution is -2.47. The number of halogens is 1. The van der Waals surface area contributed by atoms with Crippen LogP contribution in [0.4, 0.5) is 10.1 Å². The number of anilines is 1. The Labute approximate surface area is 101 Å². The van der Waals surface area contributed by atoms with Gasteiger partial charge in [-0.2, -0.15) is 0 Å². The van der Waals surface area contributed by atoms with Gasteiger partial charge < -0.3 is 14.4 Å². The van der Waals surface area contributed by atoms with Gasteiger partial charge in [-0.1, -0.05) is 12.1 Å². The number of hydrogen-bond acceptors (Lipinski definition) is 3. The average Bonchev–Trinajstić information content (AvgIpc) is 2.40. The molecule has 4 heteroatoms. The molecule has 1 heterocycles. The predicted octanol–water partition coefficient (Wildman–Crippen LogP) is 2.42. The SMILES string of the molecule is COC1(OC)CCN(c2ccccc2F)CC1. The topological polar surface area (TPSA) is 21.7 Å². The van der Waals surface area contributed by atoms with E-state index in [1.807, 2.05) is 17.0 Å². The summed E-state index contributed by atoms with van der Waals surface area (Å²) in [5, 5.41) is 0. The van der Waals surface area contributed by atoms with Crippen molar-refractivity contribution in [1.29, 1.82) is 0 Å². The van der Waals surface area contributed by atoms with Crippen molar-refractivity contribution in [3.63, 3.8) is 0 Å². The maximum Gasteiger partial charge on any atom is 0.170 e. The van der Waals surface area contributed by atoms with Gasteiger partial charge in [-0.3, -0.25) is 0 Å². The van der Waals surface area contributed by atoms with E-state index in [0.717, 1.165) is 25.9 Å². The van der Waals surface area contributed by atoms with Crippen LogP contribution in [0.2, 0.25) is 0 Å². The first kappa shape index (κ1) is 12.3. The molecule has 1 aliphatic rings. The second-order valence-electron chi connectivity index (χ2n) is 4.26. The third-order valence-corrected chi connectivity index (χ3v) is 3.46. The van der Waals surface area contributed by atoms with E-state index < -0.39 is 5.79 Å². The lowest BCUT2D eigenvalue weighted by Gasteiger charge is -2.40. The fraction of sp³-hybridized carbons (Fsp3) is 0.538. The zero-order valence-electron chi connectivity index (χ0n) is 10.3. The van der Waals surface area contributed by atoms with E-state index in [-0.39, 0.29) is 5.82 Å². The highest BCUT2D eigenvalue weighted by Crippen LogP contribution is 2.30. The van der Waals surface area contributed by atoms with E-state index in [2.05, 4.69) is 0 Å². The first-order valence-electron chi connectivity index (χ1n) is 5.80. The predicted molar refractivity (Wildman–Crippen MR) is 64.6 cm³/mol. The maximum atomic E-state index is 13.6. The summed E-state index contributed by atoms with van der Waals surface area (Å²) < 4.78 is 24.4. The molecule has 0 atom stereocenters. The maximum absolute atomic E-state index is 13.6. The molecule has 0 bridgehead atoms. The van der Waals surface area contributed by atoms with Gasteiger partial charge in [0, 0.05) is 40.2 Å². The number of piperidine rings is 1. The van der Waals surface area contributed by atoms with Gasteiger partial charge in [0.25, 0.3) is 0 Å². The van der Waals surface area contributed by atoms with Crippen LogP contribution >= 0.6 is 0 Å². The van der Waals surface area contributed by atoms with Gasteiger partial charge in [-0.25, -0.2) is 4.39 Å². The second kappa shape index (κ2) is 5.02. The number of rotatable bonds is 3. The van der Waals surface area contributed by atoms with Gasteiger partial charge >= 0.3 is 0 Å². The minimum atomic E-state index is -0.498. The largest absolute Gasteiger partial charge is 0.369 e. The van der Waals surface area contributed by atoms with Gasteiger partial charge in [-0.15, -0.1) is 0 Å². The van der Waals surface area contributed by atoms with Crippen molar-refractivity contribution in [1.82, 2.24) is 0 Å². The minimum Gasteiger partial charge on any atom is -0.369 e. The molecular weight excluding hydrogens is 221 g/mol. The van der Waals surface area contributed by atoms with Crippen LogP contribution < -0.4 is 4.90 Å². The number of hydrogen-bond donors (Lipinski definition) is 0. The highest BCUT2D eigenvalue weighted by Gasteiger charge is 2.34. The summed E-state index contributed by atoms with van der Waals surface area (Å²) in [5.74, 6) is -0.670. The molecule has 2 rings (SSSR count). The van der Waals surface area contributed by atoms with Crippen molar-refractivity contribution >= 4 is 5.69 Å². The lowest BCUT2D eigenvalue weighted by molar-refractivity contribution is -0.216. The first-order valence-corrected chi connectivity index (χ1v) is 5.80. The molecule has 1 aromatic rings. The van der Waals surface area contributed by atoms with Crippen molar-refractivity contribution in [3.8, 4) is 0 Å². The number of ether oxygens (including phenoxy) is 2. The zero-order chi connectivity index (χ0) is 12.3. The van der Waals surface area contributed by atoms with Crippen molar-refractivity contribution in [3.05, 3.63) is 30.1 Å². The highest BCUT2D eigenvalue weighted by atomic mass is 19.1. The molecule has 94 valence electrons. The smallest absolute Gasteiger partial charge is 0.170 e. The number of methoxy groups -OCH3 is 2. The Bertz CT molecular complexity index is 369. The summed E-state index contributed by atoms with van der Waals surface area (Å²) >= 11 is 0. The summed E-state index contributed by atoms with van der Waals surface area (Å²) in [7, 11) is 3.31. The number of para-hydroxylation sites is 1. The monoisotopic (exact) mass is 239 g/mol. The van der Waals surface area contributed by atoms with Gasteiger partial charge in [-0.05, 0) is 12.1 Å². The van der Waals surface area contributed by atoms with Crippen LogP contribution in [0.3, 0.4) is 0 Å². The van der Waals surface area contributed by atoms with Gasteiger partial charge in [0.15, 0.2) is 5.79 Å². The summed E-state index contributed by atoms with van der Waals surface area (Å²) in [6.45, 7) is 1.48. The second-order valence-corrected chi connectivity index (χ2v) is 4.26. The van der Waals surface area contributed by atoms with Crippen LogP contribution in [0, 0.1) is 5.82 Å². The molecule has 1 aromatic carbocycles. The molecule has 1 saturated heterocycles. The minimum absolute atomic E-state index is 0.171. The molecule has 0 aliphatic carbocycles. The van der Waals surface area contributed by atoms with Gasteiger partial charge in [0.05, 0.1) is 5.69 Å². The standard InChI is InChI=1S/C13H18FNO2/c1-16-13(17-2)7-9-15(10-8-13)12-6-4-3-5-11(12)14/h3-6H,7-10H2,1-2H3.